The number of nitrogens with zero attached hydrogens (tertiary/aromatic N) is 4. The Morgan fingerprint density at radius 1 is 1.09 bits per heavy atom. The maximum Gasteiger partial charge on any atom is 0.158 e. The van der Waals surface area contributed by atoms with Gasteiger partial charge in [0.15, 0.2) is 5.65 Å². The van der Waals surface area contributed by atoms with Gasteiger partial charge in [0.05, 0.1) is 11.4 Å². The van der Waals surface area contributed by atoms with Crippen molar-refractivity contribution in [2.24, 2.45) is 0 Å². The fourth-order valence-corrected chi connectivity index (χ4v) is 3.05. The highest BCUT2D eigenvalue weighted by atomic mass is 15.4. The van der Waals surface area contributed by atoms with Crippen molar-refractivity contribution in [3.63, 3.8) is 0 Å². The van der Waals surface area contributed by atoms with Gasteiger partial charge in [0.2, 0.25) is 0 Å². The Kier molecular flexibility index (Phi) is 3.71. The van der Waals surface area contributed by atoms with Crippen LogP contribution in [-0.4, -0.2) is 40.8 Å². The van der Waals surface area contributed by atoms with Crippen molar-refractivity contribution in [3.8, 4) is 11.3 Å². The molecular formula is C18H21N5. The Balaban J connectivity index is 1.88. The molecule has 0 atom stereocenters. The zero-order chi connectivity index (χ0) is 15.6. The van der Waals surface area contributed by atoms with E-state index >= 15 is 0 Å². The molecule has 0 unspecified atom stereocenters. The minimum atomic E-state index is 0.922. The molecule has 1 aliphatic heterocycles. The minimum absolute atomic E-state index is 0.922. The summed E-state index contributed by atoms with van der Waals surface area (Å²) < 4.78 is 2.00. The molecule has 1 N–H and O–H groups in total. The van der Waals surface area contributed by atoms with Gasteiger partial charge in [0.25, 0.3) is 0 Å². The highest BCUT2D eigenvalue weighted by molar-refractivity contribution is 5.67. The van der Waals surface area contributed by atoms with Crippen molar-refractivity contribution in [1.29, 1.82) is 0 Å². The summed E-state index contributed by atoms with van der Waals surface area (Å²) in [4.78, 5) is 7.22. The van der Waals surface area contributed by atoms with Crippen molar-refractivity contribution >= 4 is 11.5 Å². The van der Waals surface area contributed by atoms with Crippen LogP contribution < -0.4 is 10.2 Å². The van der Waals surface area contributed by atoms with Gasteiger partial charge in [-0.2, -0.15) is 9.61 Å². The van der Waals surface area contributed by atoms with Crippen LogP contribution in [0.4, 0.5) is 5.82 Å². The average molecular weight is 307 g/mol. The Morgan fingerprint density at radius 3 is 2.61 bits per heavy atom. The number of hydrogen-bond acceptors (Lipinski definition) is 4. The summed E-state index contributed by atoms with van der Waals surface area (Å²) in [6.07, 6.45) is 0.922. The third kappa shape index (κ3) is 2.68. The van der Waals surface area contributed by atoms with Crippen LogP contribution in [0.5, 0.6) is 0 Å². The molecule has 118 valence electrons. The van der Waals surface area contributed by atoms with Crippen molar-refractivity contribution in [2.75, 3.05) is 31.1 Å². The van der Waals surface area contributed by atoms with Crippen LogP contribution in [0.2, 0.25) is 0 Å². The lowest BCUT2D eigenvalue weighted by Gasteiger charge is -2.29. The first-order chi connectivity index (χ1) is 11.3. The van der Waals surface area contributed by atoms with E-state index in [2.05, 4.69) is 53.5 Å². The molecule has 1 aliphatic rings. The molecule has 0 spiro atoms. The summed E-state index contributed by atoms with van der Waals surface area (Å²) in [5.41, 5.74) is 4.16. The van der Waals surface area contributed by atoms with E-state index in [1.165, 1.54) is 0 Å². The molecule has 1 fully saturated rings. The van der Waals surface area contributed by atoms with Crippen molar-refractivity contribution < 1.29 is 0 Å². The van der Waals surface area contributed by atoms with Crippen molar-refractivity contribution in [2.45, 2.75) is 13.3 Å². The van der Waals surface area contributed by atoms with Crippen LogP contribution in [0.1, 0.15) is 12.6 Å². The summed E-state index contributed by atoms with van der Waals surface area (Å²) >= 11 is 0. The highest BCUT2D eigenvalue weighted by Crippen LogP contribution is 2.25. The number of anilines is 1. The van der Waals surface area contributed by atoms with Crippen LogP contribution in [0.3, 0.4) is 0 Å². The third-order valence-corrected chi connectivity index (χ3v) is 4.33. The fourth-order valence-electron chi connectivity index (χ4n) is 3.05. The standard InChI is InChI=1S/C18H21N5/c1-2-15-12-17-20-16(14-6-4-3-5-7-14)13-18(23(17)21-15)22-10-8-19-9-11-22/h3-7,12-13,19H,2,8-11H2,1H3. The largest absolute Gasteiger partial charge is 0.354 e. The van der Waals surface area contributed by atoms with Gasteiger partial charge in [0.1, 0.15) is 5.82 Å². The predicted octanol–water partition coefficient (Wildman–Crippen LogP) is 2.37. The summed E-state index contributed by atoms with van der Waals surface area (Å²) in [5.74, 6) is 1.13. The smallest absolute Gasteiger partial charge is 0.158 e. The van der Waals surface area contributed by atoms with E-state index in [0.717, 1.165) is 61.0 Å². The quantitative estimate of drug-likeness (QED) is 0.807. The van der Waals surface area contributed by atoms with Crippen molar-refractivity contribution in [1.82, 2.24) is 19.9 Å². The monoisotopic (exact) mass is 307 g/mol. The van der Waals surface area contributed by atoms with Crippen LogP contribution >= 0.6 is 0 Å². The number of nitrogens with one attached hydrogen (secondary N) is 1. The average Bonchev–Trinajstić information content (AvgIpc) is 3.05. The SMILES string of the molecule is CCc1cc2nc(-c3ccccc3)cc(N3CCNCC3)n2n1. The molecular weight excluding hydrogens is 286 g/mol. The normalized spacial score (nSPS) is 15.3. The number of fused-ring (bicyclic) bond motifs is 1. The summed E-state index contributed by atoms with van der Waals surface area (Å²) in [6, 6.07) is 14.6. The maximum atomic E-state index is 4.83. The molecule has 0 radical (unpaired) electrons. The number of aromatic nitrogens is 3. The Labute approximate surface area is 136 Å². The van der Waals surface area contributed by atoms with Crippen LogP contribution in [0, 0.1) is 0 Å². The summed E-state index contributed by atoms with van der Waals surface area (Å²) in [6.45, 7) is 6.13. The van der Waals surface area contributed by atoms with Crippen LogP contribution in [0.25, 0.3) is 16.9 Å². The Morgan fingerprint density at radius 2 is 1.87 bits per heavy atom. The molecule has 5 heteroatoms. The van der Waals surface area contributed by atoms with Gasteiger partial charge in [-0.05, 0) is 6.42 Å². The predicted molar refractivity (Wildman–Crippen MR) is 92.9 cm³/mol. The molecule has 0 bridgehead atoms. The number of hydrogen-bond donors (Lipinski definition) is 1. The first-order valence-corrected chi connectivity index (χ1v) is 8.26. The van der Waals surface area contributed by atoms with Crippen LogP contribution in [0.15, 0.2) is 42.5 Å². The second-order valence-corrected chi connectivity index (χ2v) is 5.86. The van der Waals surface area contributed by atoms with E-state index in [1.54, 1.807) is 0 Å². The second kappa shape index (κ2) is 6.01. The third-order valence-electron chi connectivity index (χ3n) is 4.33. The molecule has 3 heterocycles. The van der Waals surface area contributed by atoms with Crippen LogP contribution in [-0.2, 0) is 6.42 Å². The second-order valence-electron chi connectivity index (χ2n) is 5.86. The topological polar surface area (TPSA) is 45.5 Å². The van der Waals surface area contributed by atoms with E-state index in [0.29, 0.717) is 0 Å². The number of rotatable bonds is 3. The lowest BCUT2D eigenvalue weighted by molar-refractivity contribution is 0.579. The zero-order valence-electron chi connectivity index (χ0n) is 13.4. The molecule has 3 aromatic rings. The van der Waals surface area contributed by atoms with Gasteiger partial charge < -0.3 is 10.2 Å². The number of benzene rings is 1. The Hall–Kier alpha value is -2.40. The van der Waals surface area contributed by atoms with Gasteiger partial charge in [0, 0.05) is 43.9 Å². The van der Waals surface area contributed by atoms with Gasteiger partial charge in [-0.25, -0.2) is 4.98 Å². The molecule has 1 saturated heterocycles. The molecule has 0 aliphatic carbocycles. The first kappa shape index (κ1) is 14.2. The molecule has 2 aromatic heterocycles. The van der Waals surface area contributed by atoms with Gasteiger partial charge in [-0.15, -0.1) is 0 Å². The minimum Gasteiger partial charge on any atom is -0.354 e. The summed E-state index contributed by atoms with van der Waals surface area (Å²) in [5, 5.41) is 8.14. The molecule has 0 amide bonds. The first-order valence-electron chi connectivity index (χ1n) is 8.26. The van der Waals surface area contributed by atoms with Gasteiger partial charge >= 0.3 is 0 Å². The van der Waals surface area contributed by atoms with E-state index in [9.17, 15) is 0 Å². The fraction of sp³-hybridized carbons (Fsp3) is 0.333. The molecule has 5 nitrogen and oxygen atoms in total. The molecule has 23 heavy (non-hydrogen) atoms. The number of aryl methyl sites for hydroxylation is 1. The molecule has 0 saturated carbocycles. The van der Waals surface area contributed by atoms with E-state index in [4.69, 9.17) is 10.1 Å². The molecule has 4 rings (SSSR count). The van der Waals surface area contributed by atoms with Gasteiger partial charge in [-0.3, -0.25) is 0 Å². The summed E-state index contributed by atoms with van der Waals surface area (Å²) in [7, 11) is 0. The lowest BCUT2D eigenvalue weighted by atomic mass is 10.1. The molecule has 1 aromatic carbocycles. The van der Waals surface area contributed by atoms with Gasteiger partial charge in [-0.1, -0.05) is 37.3 Å². The zero-order valence-corrected chi connectivity index (χ0v) is 13.4. The van der Waals surface area contributed by atoms with E-state index in [-0.39, 0.29) is 0 Å². The van der Waals surface area contributed by atoms with Crippen molar-refractivity contribution in [3.05, 3.63) is 48.2 Å². The Bertz CT molecular complexity index is 803. The maximum absolute atomic E-state index is 4.83. The van der Waals surface area contributed by atoms with E-state index in [1.807, 2.05) is 10.6 Å². The lowest BCUT2D eigenvalue weighted by Crippen LogP contribution is -2.44. The highest BCUT2D eigenvalue weighted by Gasteiger charge is 2.17. The van der Waals surface area contributed by atoms with E-state index < -0.39 is 0 Å². The number of piperazine rings is 1.